The number of carbonyl (C=O) groups is 4. The van der Waals surface area contributed by atoms with Crippen LogP contribution in [0.25, 0.3) is 0 Å². The van der Waals surface area contributed by atoms with Crippen molar-refractivity contribution in [2.24, 2.45) is 0 Å². The van der Waals surface area contributed by atoms with Crippen molar-refractivity contribution in [2.75, 3.05) is 0 Å². The third kappa shape index (κ3) is 8.86. The minimum absolute atomic E-state index is 0.670. The number of hydrogen-bond donors (Lipinski definition) is 0. The molecule has 7 heteroatoms. The van der Waals surface area contributed by atoms with Gasteiger partial charge in [-0.3, -0.25) is 9.59 Å². The van der Waals surface area contributed by atoms with Gasteiger partial charge in [-0.1, -0.05) is 0 Å². The van der Waals surface area contributed by atoms with Crippen molar-refractivity contribution in [3.63, 3.8) is 0 Å². The van der Waals surface area contributed by atoms with Crippen molar-refractivity contribution in [1.82, 2.24) is 0 Å². The van der Waals surface area contributed by atoms with Crippen LogP contribution in [0.1, 0.15) is 0 Å². The van der Waals surface area contributed by atoms with E-state index in [9.17, 15) is 19.2 Å². The van der Waals surface area contributed by atoms with Crippen LogP contribution in [0.2, 0.25) is 0 Å². The van der Waals surface area contributed by atoms with E-state index >= 15 is 0 Å². The monoisotopic (exact) mass is 250 g/mol. The number of allylic oxidation sites excluding steroid dienone is 2. The molecule has 0 radical (unpaired) electrons. The molecule has 0 N–H and O–H groups in total. The third-order valence-corrected chi connectivity index (χ3v) is 1.15. The lowest BCUT2D eigenvalue weighted by molar-refractivity contribution is -0.152. The lowest BCUT2D eigenvalue weighted by Gasteiger charge is -1.92. The van der Waals surface area contributed by atoms with Gasteiger partial charge in [-0.15, -0.1) is 0 Å². The van der Waals surface area contributed by atoms with Crippen LogP contribution in [0.5, 0.6) is 0 Å². The SMILES string of the molecule is O=C(Cl)/C=C\C(=O)OC(=O)/C=C\C(=O)Cl. The molecule has 0 unspecified atom stereocenters. The van der Waals surface area contributed by atoms with Crippen LogP contribution >= 0.6 is 23.2 Å². The Kier molecular flexibility index (Phi) is 6.24. The number of halogens is 2. The molecule has 15 heavy (non-hydrogen) atoms. The predicted octanol–water partition coefficient (Wildman–Crippen LogP) is 0.699. The van der Waals surface area contributed by atoms with E-state index in [1.165, 1.54) is 0 Å². The Bertz CT molecular complexity index is 322. The summed E-state index contributed by atoms with van der Waals surface area (Å²) in [6.45, 7) is 0. The highest BCUT2D eigenvalue weighted by Gasteiger charge is 2.04. The van der Waals surface area contributed by atoms with Crippen molar-refractivity contribution >= 4 is 45.6 Å². The Morgan fingerprint density at radius 3 is 1.33 bits per heavy atom. The summed E-state index contributed by atoms with van der Waals surface area (Å²) in [5.41, 5.74) is 0. The van der Waals surface area contributed by atoms with Crippen LogP contribution in [0.15, 0.2) is 24.3 Å². The first kappa shape index (κ1) is 13.5. The fourth-order valence-electron chi connectivity index (χ4n) is 0.434. The van der Waals surface area contributed by atoms with Crippen LogP contribution in [-0.2, 0) is 23.9 Å². The van der Waals surface area contributed by atoms with Crippen LogP contribution in [-0.4, -0.2) is 22.4 Å². The maximum Gasteiger partial charge on any atom is 0.338 e. The molecule has 0 aromatic carbocycles. The van der Waals surface area contributed by atoms with Crippen molar-refractivity contribution in [1.29, 1.82) is 0 Å². The fourth-order valence-corrected chi connectivity index (χ4v) is 0.560. The van der Waals surface area contributed by atoms with E-state index in [1.807, 2.05) is 0 Å². The zero-order valence-corrected chi connectivity index (χ0v) is 8.62. The van der Waals surface area contributed by atoms with Crippen LogP contribution in [0.4, 0.5) is 0 Å². The summed E-state index contributed by atoms with van der Waals surface area (Å²) in [6.07, 6.45) is 2.77. The number of esters is 2. The van der Waals surface area contributed by atoms with Crippen molar-refractivity contribution in [3.05, 3.63) is 24.3 Å². The smallest absolute Gasteiger partial charge is 0.338 e. The van der Waals surface area contributed by atoms with Crippen LogP contribution in [0, 0.1) is 0 Å². The molecule has 0 rings (SSSR count). The molecule has 0 heterocycles. The van der Waals surface area contributed by atoms with Crippen LogP contribution < -0.4 is 0 Å². The summed E-state index contributed by atoms with van der Waals surface area (Å²) in [6, 6.07) is 0. The Morgan fingerprint density at radius 2 is 1.07 bits per heavy atom. The molecule has 0 aromatic heterocycles. The normalized spacial score (nSPS) is 10.5. The van der Waals surface area contributed by atoms with Crippen molar-refractivity contribution in [3.8, 4) is 0 Å². The highest BCUT2D eigenvalue weighted by atomic mass is 35.5. The Morgan fingerprint density at radius 1 is 0.733 bits per heavy atom. The molecule has 80 valence electrons. The maximum atomic E-state index is 10.7. The lowest BCUT2D eigenvalue weighted by Crippen LogP contribution is -2.07. The zero-order chi connectivity index (χ0) is 11.8. The number of carbonyl (C=O) groups excluding carboxylic acids is 4. The first-order chi connectivity index (χ1) is 6.91. The molecular formula is C8H4Cl2O5. The van der Waals surface area contributed by atoms with Gasteiger partial charge in [0.15, 0.2) is 0 Å². The highest BCUT2D eigenvalue weighted by molar-refractivity contribution is 6.66. The van der Waals surface area contributed by atoms with E-state index in [-0.39, 0.29) is 0 Å². The molecular weight excluding hydrogens is 247 g/mol. The van der Waals surface area contributed by atoms with Gasteiger partial charge in [0.05, 0.1) is 0 Å². The number of ether oxygens (including phenoxy) is 1. The molecule has 0 atom stereocenters. The molecule has 0 fully saturated rings. The molecule has 0 aliphatic carbocycles. The van der Waals surface area contributed by atoms with Gasteiger partial charge in [0.2, 0.25) is 10.5 Å². The summed E-state index contributed by atoms with van der Waals surface area (Å²) in [5, 5.41) is -1.77. The van der Waals surface area contributed by atoms with E-state index in [0.29, 0.717) is 24.3 Å². The van der Waals surface area contributed by atoms with E-state index in [2.05, 4.69) is 4.74 Å². The second kappa shape index (κ2) is 6.92. The molecule has 0 aliphatic heterocycles. The molecule has 0 bridgehead atoms. The molecule has 5 nitrogen and oxygen atoms in total. The first-order valence-corrected chi connectivity index (χ1v) is 4.18. The van der Waals surface area contributed by atoms with Gasteiger partial charge in [0, 0.05) is 24.3 Å². The minimum Gasteiger partial charge on any atom is -0.387 e. The summed E-state index contributed by atoms with van der Waals surface area (Å²) in [7, 11) is 0. The van der Waals surface area contributed by atoms with Crippen LogP contribution in [0.3, 0.4) is 0 Å². The summed E-state index contributed by atoms with van der Waals surface area (Å²) in [4.78, 5) is 41.7. The van der Waals surface area contributed by atoms with Gasteiger partial charge in [0.1, 0.15) is 0 Å². The average Bonchev–Trinajstić information content (AvgIpc) is 2.11. The van der Waals surface area contributed by atoms with E-state index in [4.69, 9.17) is 23.2 Å². The Hall–Kier alpha value is -1.46. The molecule has 0 aromatic rings. The molecule has 0 amide bonds. The highest BCUT2D eigenvalue weighted by Crippen LogP contribution is 1.90. The third-order valence-electron chi connectivity index (χ3n) is 0.902. The first-order valence-electron chi connectivity index (χ1n) is 3.42. The predicted molar refractivity (Wildman–Crippen MR) is 51.1 cm³/mol. The average molecular weight is 251 g/mol. The fraction of sp³-hybridized carbons (Fsp3) is 0. The van der Waals surface area contributed by atoms with Gasteiger partial charge in [-0.25, -0.2) is 9.59 Å². The van der Waals surface area contributed by atoms with E-state index < -0.39 is 22.4 Å². The second-order valence-corrected chi connectivity index (χ2v) is 2.76. The summed E-state index contributed by atoms with van der Waals surface area (Å²) in [5.74, 6) is -2.17. The molecule has 0 saturated carbocycles. The largest absolute Gasteiger partial charge is 0.387 e. The summed E-state index contributed by atoms with van der Waals surface area (Å²) < 4.78 is 4.08. The van der Waals surface area contributed by atoms with E-state index in [1.54, 1.807) is 0 Å². The Balaban J connectivity index is 4.14. The van der Waals surface area contributed by atoms with Crippen molar-refractivity contribution < 1.29 is 23.9 Å². The van der Waals surface area contributed by atoms with Gasteiger partial charge in [-0.2, -0.15) is 0 Å². The topological polar surface area (TPSA) is 77.5 Å². The zero-order valence-electron chi connectivity index (χ0n) is 7.11. The maximum absolute atomic E-state index is 10.7. The number of hydrogen-bond acceptors (Lipinski definition) is 5. The van der Waals surface area contributed by atoms with Gasteiger partial charge < -0.3 is 4.74 Å². The molecule has 0 spiro atoms. The molecule has 0 saturated heterocycles. The van der Waals surface area contributed by atoms with Gasteiger partial charge in [0.25, 0.3) is 0 Å². The molecule has 0 aliphatic rings. The minimum atomic E-state index is -1.08. The number of rotatable bonds is 4. The van der Waals surface area contributed by atoms with E-state index in [0.717, 1.165) is 0 Å². The van der Waals surface area contributed by atoms with Gasteiger partial charge >= 0.3 is 11.9 Å². The quantitative estimate of drug-likeness (QED) is 0.318. The van der Waals surface area contributed by atoms with Gasteiger partial charge in [-0.05, 0) is 23.2 Å². The summed E-state index contributed by atoms with van der Waals surface area (Å²) >= 11 is 9.73. The lowest BCUT2D eigenvalue weighted by atomic mass is 10.5. The van der Waals surface area contributed by atoms with Crippen molar-refractivity contribution in [2.45, 2.75) is 0 Å². The second-order valence-electron chi connectivity index (χ2n) is 2.02. The standard InChI is InChI=1S/C8H4Cl2O5/c9-5(11)1-3-7(13)15-8(14)4-2-6(10)12/h1-4H/b3-1-,4-2-. The Labute approximate surface area is 94.3 Å².